The van der Waals surface area contributed by atoms with Crippen LogP contribution in [-0.2, 0) is 18.1 Å². The number of hydrogen-bond donors (Lipinski definition) is 0. The molecule has 1 saturated carbocycles. The normalized spacial score (nSPS) is 21.4. The van der Waals surface area contributed by atoms with Crippen LogP contribution in [0.25, 0.3) is 0 Å². The minimum Gasteiger partial charge on any atom is -0.302 e. The molecule has 0 radical (unpaired) electrons. The van der Waals surface area contributed by atoms with Gasteiger partial charge < -0.3 is 4.90 Å². The summed E-state index contributed by atoms with van der Waals surface area (Å²) in [7, 11) is 0. The minimum atomic E-state index is -4.36. The zero-order valence-corrected chi connectivity index (χ0v) is 21.3. The van der Waals surface area contributed by atoms with Crippen molar-refractivity contribution in [1.29, 1.82) is 0 Å². The number of carbonyl (C=O) groups excluding carboxylic acids is 1. The maximum atomic E-state index is 13.2. The van der Waals surface area contributed by atoms with E-state index in [1.807, 2.05) is 22.6 Å². The molecule has 2 aliphatic rings. The van der Waals surface area contributed by atoms with Gasteiger partial charge in [0.05, 0.1) is 9.13 Å². The average molecular weight is 609 g/mol. The van der Waals surface area contributed by atoms with E-state index < -0.39 is 28.9 Å². The van der Waals surface area contributed by atoms with Gasteiger partial charge in [0.25, 0.3) is 11.5 Å². The number of alkyl halides is 3. The summed E-state index contributed by atoms with van der Waals surface area (Å²) < 4.78 is 41.8. The first kappa shape index (κ1) is 24.9. The third-order valence-corrected chi connectivity index (χ3v) is 7.93. The number of halogens is 4. The van der Waals surface area contributed by atoms with Crippen molar-refractivity contribution in [1.82, 2.24) is 14.0 Å². The van der Waals surface area contributed by atoms with Gasteiger partial charge in [-0.25, -0.2) is 4.79 Å². The third-order valence-electron chi connectivity index (χ3n) is 7.19. The first-order chi connectivity index (χ1) is 17.1. The molecule has 1 aliphatic heterocycles. The van der Waals surface area contributed by atoms with Crippen LogP contribution in [0.1, 0.15) is 34.3 Å². The number of aryl methyl sites for hydroxylation is 1. The van der Waals surface area contributed by atoms with Crippen LogP contribution in [0.5, 0.6) is 0 Å². The highest BCUT2D eigenvalue weighted by atomic mass is 127. The molecule has 0 spiro atoms. The average Bonchev–Trinajstić information content (AvgIpc) is 3.43. The zero-order valence-electron chi connectivity index (χ0n) is 19.2. The van der Waals surface area contributed by atoms with E-state index in [0.29, 0.717) is 36.5 Å². The number of aromatic nitrogens is 2. The minimum absolute atomic E-state index is 0.233. The van der Waals surface area contributed by atoms with Crippen molar-refractivity contribution in [2.24, 2.45) is 5.92 Å². The van der Waals surface area contributed by atoms with E-state index in [-0.39, 0.29) is 14.5 Å². The van der Waals surface area contributed by atoms with Gasteiger partial charge in [0.15, 0.2) is 0 Å². The van der Waals surface area contributed by atoms with Crippen LogP contribution >= 0.6 is 22.6 Å². The molecule has 6 nitrogen and oxygen atoms in total. The lowest BCUT2D eigenvalue weighted by Gasteiger charge is -2.22. The first-order valence-corrected chi connectivity index (χ1v) is 12.7. The van der Waals surface area contributed by atoms with E-state index in [4.69, 9.17) is 0 Å². The summed E-state index contributed by atoms with van der Waals surface area (Å²) in [6, 6.07) is 13.8. The van der Waals surface area contributed by atoms with Crippen LogP contribution < -0.4 is 11.2 Å². The van der Waals surface area contributed by atoms with Crippen LogP contribution in [0.4, 0.5) is 13.2 Å². The predicted octanol–water partition coefficient (Wildman–Crippen LogP) is 3.99. The van der Waals surface area contributed by atoms with E-state index in [1.54, 1.807) is 36.4 Å². The molecule has 2 fully saturated rings. The molecule has 188 valence electrons. The Kier molecular flexibility index (Phi) is 6.44. The van der Waals surface area contributed by atoms with Gasteiger partial charge in [-0.15, -0.1) is 0 Å². The summed E-state index contributed by atoms with van der Waals surface area (Å²) in [6.45, 7) is 2.45. The van der Waals surface area contributed by atoms with Crippen molar-refractivity contribution >= 4 is 28.5 Å². The molecule has 5 rings (SSSR count). The molecule has 2 heterocycles. The molecule has 1 aromatic heterocycles. The summed E-state index contributed by atoms with van der Waals surface area (Å²) in [6.07, 6.45) is -1.42. The maximum absolute atomic E-state index is 13.2. The summed E-state index contributed by atoms with van der Waals surface area (Å²) in [4.78, 5) is 40.6. The van der Waals surface area contributed by atoms with Crippen molar-refractivity contribution in [3.63, 3.8) is 0 Å². The Balaban J connectivity index is 1.27. The molecule has 2 aromatic carbocycles. The van der Waals surface area contributed by atoms with Crippen LogP contribution in [0.2, 0.25) is 0 Å². The largest absolute Gasteiger partial charge is 0.416 e. The number of carbonyl (C=O) groups is 1. The molecule has 2 atom stereocenters. The SMILES string of the molecule is O=C(c1ccccc1)n1c(=O)c(I)cn(CCCN2C[C@H]3CC3(c3cccc(C(F)(F)F)c3)C2)c1=O. The van der Waals surface area contributed by atoms with E-state index in [9.17, 15) is 27.6 Å². The lowest BCUT2D eigenvalue weighted by Crippen LogP contribution is -2.45. The molecule has 10 heteroatoms. The predicted molar refractivity (Wildman–Crippen MR) is 136 cm³/mol. The second-order valence-corrected chi connectivity index (χ2v) is 10.7. The smallest absolute Gasteiger partial charge is 0.302 e. The Morgan fingerprint density at radius 3 is 2.53 bits per heavy atom. The van der Waals surface area contributed by atoms with Crippen LogP contribution in [0, 0.1) is 9.49 Å². The fourth-order valence-corrected chi connectivity index (χ4v) is 5.87. The number of fused-ring (bicyclic) bond motifs is 1. The quantitative estimate of drug-likeness (QED) is 0.397. The van der Waals surface area contributed by atoms with Crippen LogP contribution in [0.3, 0.4) is 0 Å². The molecule has 1 unspecified atom stereocenters. The molecule has 0 amide bonds. The van der Waals surface area contributed by atoms with Gasteiger partial charge in [-0.3, -0.25) is 14.2 Å². The number of nitrogens with zero attached hydrogens (tertiary/aromatic N) is 3. The van der Waals surface area contributed by atoms with E-state index >= 15 is 0 Å². The molecule has 1 saturated heterocycles. The van der Waals surface area contributed by atoms with Gasteiger partial charge in [-0.1, -0.05) is 36.4 Å². The summed E-state index contributed by atoms with van der Waals surface area (Å²) in [5.74, 6) is -0.337. The Bertz CT molecular complexity index is 1430. The highest BCUT2D eigenvalue weighted by Gasteiger charge is 2.60. The van der Waals surface area contributed by atoms with Gasteiger partial charge in [0, 0.05) is 36.8 Å². The lowest BCUT2D eigenvalue weighted by atomic mass is 9.93. The maximum Gasteiger partial charge on any atom is 0.416 e. The number of rotatable bonds is 6. The fraction of sp³-hybridized carbons (Fsp3) is 0.346. The monoisotopic (exact) mass is 609 g/mol. The molecule has 3 aromatic rings. The van der Waals surface area contributed by atoms with Gasteiger partial charge in [0.2, 0.25) is 0 Å². The Hall–Kier alpha value is -2.73. The van der Waals surface area contributed by atoms with Gasteiger partial charge >= 0.3 is 11.9 Å². The molecular formula is C26H23F3IN3O3. The summed E-state index contributed by atoms with van der Waals surface area (Å²) in [5, 5.41) is 0. The highest BCUT2D eigenvalue weighted by molar-refractivity contribution is 14.1. The van der Waals surface area contributed by atoms with Crippen LogP contribution in [0.15, 0.2) is 70.4 Å². The van der Waals surface area contributed by atoms with Gasteiger partial charge in [-0.2, -0.15) is 17.7 Å². The summed E-state index contributed by atoms with van der Waals surface area (Å²) in [5.41, 5.74) is -1.19. The Labute approximate surface area is 218 Å². The van der Waals surface area contributed by atoms with E-state index in [1.165, 1.54) is 22.9 Å². The highest BCUT2D eigenvalue weighted by Crippen LogP contribution is 2.59. The molecule has 0 bridgehead atoms. The Morgan fingerprint density at radius 1 is 1.06 bits per heavy atom. The lowest BCUT2D eigenvalue weighted by molar-refractivity contribution is -0.137. The third kappa shape index (κ3) is 4.56. The molecule has 36 heavy (non-hydrogen) atoms. The van der Waals surface area contributed by atoms with Gasteiger partial charge in [0.1, 0.15) is 0 Å². The molecular weight excluding hydrogens is 586 g/mol. The van der Waals surface area contributed by atoms with Crippen molar-refractivity contribution in [3.05, 3.63) is 102 Å². The molecule has 1 aliphatic carbocycles. The second-order valence-electron chi connectivity index (χ2n) is 9.49. The number of benzene rings is 2. The number of likely N-dealkylation sites (tertiary alicyclic amines) is 1. The van der Waals surface area contributed by atoms with Crippen molar-refractivity contribution in [3.8, 4) is 0 Å². The van der Waals surface area contributed by atoms with E-state index in [2.05, 4.69) is 4.90 Å². The Morgan fingerprint density at radius 2 is 1.81 bits per heavy atom. The number of hydrogen-bond acceptors (Lipinski definition) is 4. The van der Waals surface area contributed by atoms with Crippen molar-refractivity contribution in [2.75, 3.05) is 19.6 Å². The topological polar surface area (TPSA) is 64.3 Å². The summed E-state index contributed by atoms with van der Waals surface area (Å²) >= 11 is 1.82. The van der Waals surface area contributed by atoms with Crippen LogP contribution in [-0.4, -0.2) is 39.6 Å². The standard InChI is InChI=1S/C26H23F3IN3O3/c27-26(28,29)19-9-4-8-18(12-19)25-13-20(25)14-31(16-25)10-5-11-32-15-21(30)23(35)33(24(32)36)22(34)17-6-2-1-3-7-17/h1-4,6-9,12,15,20H,5,10-11,13-14,16H2/t20-,25?/m1/s1. The molecule has 0 N–H and O–H groups in total. The number of piperidine rings is 1. The second kappa shape index (κ2) is 9.29. The zero-order chi connectivity index (χ0) is 25.7. The first-order valence-electron chi connectivity index (χ1n) is 11.6. The van der Waals surface area contributed by atoms with Crippen molar-refractivity contribution < 1.29 is 18.0 Å². The fourth-order valence-electron chi connectivity index (χ4n) is 5.29. The van der Waals surface area contributed by atoms with E-state index in [0.717, 1.165) is 24.6 Å². The van der Waals surface area contributed by atoms with Gasteiger partial charge in [-0.05, 0) is 71.7 Å². The van der Waals surface area contributed by atoms with Crippen molar-refractivity contribution in [2.45, 2.75) is 31.0 Å².